The number of hydrogen-bond donors (Lipinski definition) is 3. The lowest BCUT2D eigenvalue weighted by atomic mass is 10.3. The van der Waals surface area contributed by atoms with Crippen molar-refractivity contribution < 1.29 is 18.4 Å². The fraction of sp³-hybridized carbons (Fsp3) is 0.300. The molecule has 0 atom stereocenters. The molecule has 3 N–H and O–H groups in total. The second kappa shape index (κ2) is 9.83. The predicted molar refractivity (Wildman–Crippen MR) is 107 cm³/mol. The van der Waals surface area contributed by atoms with Crippen LogP contribution < -0.4 is 16.0 Å². The van der Waals surface area contributed by atoms with Crippen LogP contribution in [0.3, 0.4) is 0 Å². The van der Waals surface area contributed by atoms with Crippen molar-refractivity contribution in [3.63, 3.8) is 0 Å². The minimum atomic E-state index is -0.493. The van der Waals surface area contributed by atoms with Crippen LogP contribution in [0.4, 0.5) is 29.7 Å². The zero-order chi connectivity index (χ0) is 20.6. The Bertz CT molecular complexity index is 854. The summed E-state index contributed by atoms with van der Waals surface area (Å²) in [6.45, 7) is 3.28. The molecular formula is C20H23F2N5O2. The van der Waals surface area contributed by atoms with Gasteiger partial charge in [-0.2, -0.15) is 0 Å². The van der Waals surface area contributed by atoms with Crippen LogP contribution in [0.25, 0.3) is 0 Å². The van der Waals surface area contributed by atoms with Crippen molar-refractivity contribution in [1.29, 1.82) is 0 Å². The number of urea groups is 2. The number of rotatable bonds is 5. The molecule has 0 radical (unpaired) electrons. The molecule has 1 aliphatic rings. The highest BCUT2D eigenvalue weighted by atomic mass is 19.1. The number of carbonyl (C=O) groups is 2. The number of benzene rings is 2. The number of hydrogen-bond acceptors (Lipinski definition) is 3. The van der Waals surface area contributed by atoms with E-state index >= 15 is 0 Å². The lowest BCUT2D eigenvalue weighted by molar-refractivity contribution is 0.148. The fourth-order valence-electron chi connectivity index (χ4n) is 2.99. The zero-order valence-corrected chi connectivity index (χ0v) is 15.8. The molecule has 0 aromatic heterocycles. The number of para-hydroxylation sites is 2. The van der Waals surface area contributed by atoms with Crippen molar-refractivity contribution in [3.8, 4) is 0 Å². The van der Waals surface area contributed by atoms with Gasteiger partial charge in [0, 0.05) is 39.3 Å². The number of amides is 4. The lowest BCUT2D eigenvalue weighted by Crippen LogP contribution is -2.51. The summed E-state index contributed by atoms with van der Waals surface area (Å²) in [6, 6.07) is 11.2. The molecule has 0 bridgehead atoms. The number of halogens is 2. The minimum Gasteiger partial charge on any atom is -0.337 e. The van der Waals surface area contributed by atoms with E-state index in [0.717, 1.165) is 0 Å². The Morgan fingerprint density at radius 3 is 1.97 bits per heavy atom. The van der Waals surface area contributed by atoms with Crippen LogP contribution in [0, 0.1) is 11.6 Å². The summed E-state index contributed by atoms with van der Waals surface area (Å²) in [6.07, 6.45) is 0. The Morgan fingerprint density at radius 2 is 1.38 bits per heavy atom. The summed E-state index contributed by atoms with van der Waals surface area (Å²) < 4.78 is 27.2. The number of anilines is 2. The van der Waals surface area contributed by atoms with Gasteiger partial charge >= 0.3 is 12.1 Å². The van der Waals surface area contributed by atoms with Gasteiger partial charge in [-0.05, 0) is 24.3 Å². The second-order valence-corrected chi connectivity index (χ2v) is 6.60. The monoisotopic (exact) mass is 403 g/mol. The molecule has 1 fully saturated rings. The first kappa shape index (κ1) is 20.5. The molecule has 2 aromatic carbocycles. The maximum absolute atomic E-state index is 13.6. The molecule has 0 aliphatic carbocycles. The normalized spacial score (nSPS) is 14.3. The molecule has 4 amide bonds. The Kier molecular flexibility index (Phi) is 6.96. The number of nitrogens with zero attached hydrogens (tertiary/aromatic N) is 2. The van der Waals surface area contributed by atoms with Crippen LogP contribution >= 0.6 is 0 Å². The maximum Gasteiger partial charge on any atom is 0.322 e. The molecule has 0 saturated carbocycles. The lowest BCUT2D eigenvalue weighted by Gasteiger charge is -2.34. The van der Waals surface area contributed by atoms with Crippen LogP contribution in [-0.4, -0.2) is 61.1 Å². The van der Waals surface area contributed by atoms with E-state index < -0.39 is 17.7 Å². The van der Waals surface area contributed by atoms with Gasteiger partial charge in [-0.3, -0.25) is 4.90 Å². The topological polar surface area (TPSA) is 76.7 Å². The van der Waals surface area contributed by atoms with Gasteiger partial charge in [-0.15, -0.1) is 0 Å². The molecule has 2 aromatic rings. The molecule has 0 unspecified atom stereocenters. The van der Waals surface area contributed by atoms with Gasteiger partial charge in [0.1, 0.15) is 11.6 Å². The van der Waals surface area contributed by atoms with Crippen molar-refractivity contribution in [1.82, 2.24) is 15.1 Å². The predicted octanol–water partition coefficient (Wildman–Crippen LogP) is 2.94. The van der Waals surface area contributed by atoms with Crippen molar-refractivity contribution in [3.05, 3.63) is 60.2 Å². The van der Waals surface area contributed by atoms with Crippen LogP contribution in [0.5, 0.6) is 0 Å². The van der Waals surface area contributed by atoms with E-state index in [1.165, 1.54) is 24.3 Å². The third kappa shape index (κ3) is 5.89. The summed E-state index contributed by atoms with van der Waals surface area (Å²) in [5, 5.41) is 7.73. The standard InChI is InChI=1S/C20H23F2N5O2/c21-15-5-1-3-7-17(15)24-19(28)23-9-10-26-11-13-27(14-12-26)20(29)25-18-8-4-2-6-16(18)22/h1-8H,9-14H2,(H,25,29)(H2,23,24,28). The average molecular weight is 403 g/mol. The van der Waals surface area contributed by atoms with Crippen molar-refractivity contribution in [2.45, 2.75) is 0 Å². The average Bonchev–Trinajstić information content (AvgIpc) is 2.72. The summed E-state index contributed by atoms with van der Waals surface area (Å²) in [7, 11) is 0. The Balaban J connectivity index is 1.35. The summed E-state index contributed by atoms with van der Waals surface area (Å²) in [5.74, 6) is -0.966. The van der Waals surface area contributed by atoms with Gasteiger partial charge in [0.25, 0.3) is 0 Å². The minimum absolute atomic E-state index is 0.125. The Labute approximate surface area is 167 Å². The first-order chi connectivity index (χ1) is 14.0. The van der Waals surface area contributed by atoms with Gasteiger partial charge in [-0.1, -0.05) is 24.3 Å². The molecule has 9 heteroatoms. The molecule has 7 nitrogen and oxygen atoms in total. The SMILES string of the molecule is O=C(NCCN1CCN(C(=O)Nc2ccccc2F)CC1)Nc1ccccc1F. The van der Waals surface area contributed by atoms with E-state index in [1.54, 1.807) is 29.2 Å². The molecule has 29 heavy (non-hydrogen) atoms. The highest BCUT2D eigenvalue weighted by Gasteiger charge is 2.21. The van der Waals surface area contributed by atoms with Gasteiger partial charge in [0.2, 0.25) is 0 Å². The third-order valence-corrected chi connectivity index (χ3v) is 4.61. The van der Waals surface area contributed by atoms with E-state index in [2.05, 4.69) is 20.9 Å². The number of piperazine rings is 1. The Hall–Kier alpha value is -3.20. The van der Waals surface area contributed by atoms with Gasteiger partial charge < -0.3 is 20.9 Å². The fourth-order valence-corrected chi connectivity index (χ4v) is 2.99. The molecule has 154 valence electrons. The largest absolute Gasteiger partial charge is 0.337 e. The van der Waals surface area contributed by atoms with Gasteiger partial charge in [0.15, 0.2) is 0 Å². The van der Waals surface area contributed by atoms with Gasteiger partial charge in [0.05, 0.1) is 11.4 Å². The van der Waals surface area contributed by atoms with E-state index in [1.807, 2.05) is 0 Å². The number of carbonyl (C=O) groups excluding carboxylic acids is 2. The Morgan fingerprint density at radius 1 is 0.828 bits per heavy atom. The summed E-state index contributed by atoms with van der Waals surface area (Å²) in [5.41, 5.74) is 0.282. The van der Waals surface area contributed by atoms with Crippen molar-refractivity contribution in [2.24, 2.45) is 0 Å². The van der Waals surface area contributed by atoms with E-state index in [-0.39, 0.29) is 17.4 Å². The van der Waals surface area contributed by atoms with Crippen molar-refractivity contribution in [2.75, 3.05) is 49.9 Å². The van der Waals surface area contributed by atoms with Crippen LogP contribution in [-0.2, 0) is 0 Å². The van der Waals surface area contributed by atoms with E-state index in [9.17, 15) is 18.4 Å². The zero-order valence-electron chi connectivity index (χ0n) is 15.8. The van der Waals surface area contributed by atoms with Crippen molar-refractivity contribution >= 4 is 23.4 Å². The molecular weight excluding hydrogens is 380 g/mol. The molecule has 1 saturated heterocycles. The quantitative estimate of drug-likeness (QED) is 0.719. The molecule has 3 rings (SSSR count). The maximum atomic E-state index is 13.6. The first-order valence-corrected chi connectivity index (χ1v) is 9.35. The summed E-state index contributed by atoms with van der Waals surface area (Å²) in [4.78, 5) is 27.8. The first-order valence-electron chi connectivity index (χ1n) is 9.35. The van der Waals surface area contributed by atoms with Crippen LogP contribution in [0.15, 0.2) is 48.5 Å². The van der Waals surface area contributed by atoms with E-state index in [4.69, 9.17) is 0 Å². The highest BCUT2D eigenvalue weighted by Crippen LogP contribution is 2.14. The highest BCUT2D eigenvalue weighted by molar-refractivity contribution is 5.90. The van der Waals surface area contributed by atoms with Crippen LogP contribution in [0.2, 0.25) is 0 Å². The van der Waals surface area contributed by atoms with Gasteiger partial charge in [-0.25, -0.2) is 18.4 Å². The third-order valence-electron chi connectivity index (χ3n) is 4.61. The molecule has 0 spiro atoms. The van der Waals surface area contributed by atoms with Crippen LogP contribution in [0.1, 0.15) is 0 Å². The van der Waals surface area contributed by atoms with E-state index in [0.29, 0.717) is 39.3 Å². The smallest absolute Gasteiger partial charge is 0.322 e. The number of nitrogens with one attached hydrogen (secondary N) is 3. The molecule has 1 aliphatic heterocycles. The molecule has 1 heterocycles. The second-order valence-electron chi connectivity index (χ2n) is 6.60. The summed E-state index contributed by atoms with van der Waals surface area (Å²) >= 11 is 0.